The monoisotopic (exact) mass is 206 g/mol. The molecule has 0 spiro atoms. The first-order valence-corrected chi connectivity index (χ1v) is 5.20. The van der Waals surface area contributed by atoms with E-state index in [2.05, 4.69) is 5.10 Å². The van der Waals surface area contributed by atoms with Crippen LogP contribution in [0.25, 0.3) is 0 Å². The first-order valence-electron chi connectivity index (χ1n) is 4.25. The lowest BCUT2D eigenvalue weighted by atomic mass is 10.1. The highest BCUT2D eigenvalue weighted by molar-refractivity contribution is 7.08. The predicted molar refractivity (Wildman–Crippen MR) is 55.7 cm³/mol. The molecule has 2 aromatic rings. The van der Waals surface area contributed by atoms with Gasteiger partial charge < -0.3 is 0 Å². The number of nitrogens with zero attached hydrogens (tertiary/aromatic N) is 2. The van der Waals surface area contributed by atoms with E-state index in [-0.39, 0.29) is 5.78 Å². The lowest BCUT2D eigenvalue weighted by Gasteiger charge is -1.94. The van der Waals surface area contributed by atoms with Crippen LogP contribution in [-0.2, 0) is 7.05 Å². The van der Waals surface area contributed by atoms with E-state index < -0.39 is 0 Å². The van der Waals surface area contributed by atoms with Crippen LogP contribution in [0.3, 0.4) is 0 Å². The summed E-state index contributed by atoms with van der Waals surface area (Å²) in [6.07, 6.45) is 1.77. The summed E-state index contributed by atoms with van der Waals surface area (Å²) in [4.78, 5) is 11.9. The van der Waals surface area contributed by atoms with E-state index in [1.165, 1.54) is 0 Å². The van der Waals surface area contributed by atoms with Crippen LogP contribution in [-0.4, -0.2) is 15.6 Å². The Hall–Kier alpha value is -1.42. The van der Waals surface area contributed by atoms with Crippen LogP contribution >= 0.6 is 11.3 Å². The Balaban J connectivity index is 2.38. The van der Waals surface area contributed by atoms with Crippen LogP contribution in [0, 0.1) is 6.92 Å². The van der Waals surface area contributed by atoms with Gasteiger partial charge in [0.05, 0.1) is 0 Å². The molecule has 2 heterocycles. The third-order valence-electron chi connectivity index (χ3n) is 2.05. The molecule has 14 heavy (non-hydrogen) atoms. The average molecular weight is 206 g/mol. The van der Waals surface area contributed by atoms with Crippen LogP contribution in [0.1, 0.15) is 21.6 Å². The largest absolute Gasteiger partial charge is 0.287 e. The molecular weight excluding hydrogens is 196 g/mol. The molecule has 4 heteroatoms. The normalized spacial score (nSPS) is 10.4. The number of thiophene rings is 1. The third-order valence-corrected chi connectivity index (χ3v) is 2.91. The van der Waals surface area contributed by atoms with Crippen molar-refractivity contribution in [3.8, 4) is 0 Å². The summed E-state index contributed by atoms with van der Waals surface area (Å²) in [5.74, 6) is 0.00403. The van der Waals surface area contributed by atoms with E-state index in [1.807, 2.05) is 17.7 Å². The number of hydrogen-bond donors (Lipinski definition) is 0. The van der Waals surface area contributed by atoms with Crippen LogP contribution in [0.5, 0.6) is 0 Å². The van der Waals surface area contributed by atoms with Crippen molar-refractivity contribution in [2.75, 3.05) is 0 Å². The zero-order chi connectivity index (χ0) is 10.1. The predicted octanol–water partition coefficient (Wildman–Crippen LogP) is 2.02. The summed E-state index contributed by atoms with van der Waals surface area (Å²) in [5.41, 5.74) is 2.29. The molecule has 0 aromatic carbocycles. The molecule has 0 saturated carbocycles. The molecule has 0 aliphatic heterocycles. The molecule has 0 unspecified atom stereocenters. The van der Waals surface area contributed by atoms with E-state index in [0.717, 1.165) is 11.1 Å². The van der Waals surface area contributed by atoms with Crippen LogP contribution in [0.15, 0.2) is 23.0 Å². The zero-order valence-corrected chi connectivity index (χ0v) is 8.84. The smallest absolute Gasteiger partial charge is 0.214 e. The minimum Gasteiger partial charge on any atom is -0.287 e. The Bertz CT molecular complexity index is 470. The fourth-order valence-electron chi connectivity index (χ4n) is 1.27. The van der Waals surface area contributed by atoms with Gasteiger partial charge in [-0.05, 0) is 23.9 Å². The van der Waals surface area contributed by atoms with Gasteiger partial charge in [-0.3, -0.25) is 9.48 Å². The third kappa shape index (κ3) is 1.48. The molecule has 0 aliphatic rings. The van der Waals surface area contributed by atoms with E-state index in [0.29, 0.717) is 5.69 Å². The number of rotatable bonds is 2. The van der Waals surface area contributed by atoms with Gasteiger partial charge in [0.2, 0.25) is 5.78 Å². The van der Waals surface area contributed by atoms with Crippen molar-refractivity contribution in [2.45, 2.75) is 6.92 Å². The van der Waals surface area contributed by atoms with Gasteiger partial charge in [-0.15, -0.1) is 0 Å². The van der Waals surface area contributed by atoms with Gasteiger partial charge in [-0.1, -0.05) is 0 Å². The van der Waals surface area contributed by atoms with Gasteiger partial charge in [0, 0.05) is 24.2 Å². The molecule has 3 nitrogen and oxygen atoms in total. The summed E-state index contributed by atoms with van der Waals surface area (Å²) in [6.45, 7) is 1.94. The van der Waals surface area contributed by atoms with Crippen molar-refractivity contribution in [2.24, 2.45) is 7.05 Å². The number of carbonyl (C=O) groups excluding carboxylic acids is 1. The molecule has 2 aromatic heterocycles. The molecule has 0 radical (unpaired) electrons. The lowest BCUT2D eigenvalue weighted by Crippen LogP contribution is -2.03. The number of carbonyl (C=O) groups is 1. The summed E-state index contributed by atoms with van der Waals surface area (Å²) < 4.78 is 1.63. The first-order chi connectivity index (χ1) is 6.68. The molecular formula is C10H10N2OS. The van der Waals surface area contributed by atoms with E-state index in [9.17, 15) is 4.79 Å². The van der Waals surface area contributed by atoms with Crippen molar-refractivity contribution >= 4 is 17.1 Å². The Kier molecular flexibility index (Phi) is 2.21. The molecule has 0 bridgehead atoms. The molecule has 0 atom stereocenters. The number of ketones is 1. The van der Waals surface area contributed by atoms with E-state index in [4.69, 9.17) is 0 Å². The highest BCUT2D eigenvalue weighted by Crippen LogP contribution is 2.16. The van der Waals surface area contributed by atoms with Gasteiger partial charge in [-0.25, -0.2) is 0 Å². The Morgan fingerprint density at radius 1 is 1.50 bits per heavy atom. The number of hydrogen-bond acceptors (Lipinski definition) is 3. The fraction of sp³-hybridized carbons (Fsp3) is 0.200. The average Bonchev–Trinajstić information content (AvgIpc) is 2.73. The van der Waals surface area contributed by atoms with Crippen molar-refractivity contribution in [3.63, 3.8) is 0 Å². The Morgan fingerprint density at radius 2 is 2.29 bits per heavy atom. The minimum atomic E-state index is 0.00403. The Morgan fingerprint density at radius 3 is 2.79 bits per heavy atom. The molecule has 72 valence electrons. The highest BCUT2D eigenvalue weighted by Gasteiger charge is 2.14. The van der Waals surface area contributed by atoms with Gasteiger partial charge in [0.15, 0.2) is 0 Å². The maximum atomic E-state index is 11.9. The van der Waals surface area contributed by atoms with Crippen molar-refractivity contribution in [1.82, 2.24) is 9.78 Å². The number of aromatic nitrogens is 2. The molecule has 0 aliphatic carbocycles. The molecule has 0 N–H and O–H groups in total. The zero-order valence-electron chi connectivity index (χ0n) is 8.02. The molecule has 0 amide bonds. The maximum Gasteiger partial charge on any atom is 0.214 e. The summed E-state index contributed by atoms with van der Waals surface area (Å²) in [5, 5.41) is 7.92. The second-order valence-electron chi connectivity index (χ2n) is 3.17. The van der Waals surface area contributed by atoms with Crippen LogP contribution in [0.4, 0.5) is 0 Å². The maximum absolute atomic E-state index is 11.9. The van der Waals surface area contributed by atoms with Gasteiger partial charge in [0.25, 0.3) is 0 Å². The van der Waals surface area contributed by atoms with Gasteiger partial charge in [-0.2, -0.15) is 16.4 Å². The van der Waals surface area contributed by atoms with Crippen molar-refractivity contribution < 1.29 is 4.79 Å². The first kappa shape index (κ1) is 9.15. The molecule has 2 rings (SSSR count). The van der Waals surface area contributed by atoms with E-state index in [1.54, 1.807) is 35.3 Å². The van der Waals surface area contributed by atoms with Gasteiger partial charge in [0.1, 0.15) is 5.69 Å². The van der Waals surface area contributed by atoms with Crippen LogP contribution in [0.2, 0.25) is 0 Å². The summed E-state index contributed by atoms with van der Waals surface area (Å²) in [6, 6.07) is 1.74. The molecule has 0 fully saturated rings. The molecule has 0 saturated heterocycles. The fourth-order valence-corrected chi connectivity index (χ4v) is 2.10. The second kappa shape index (κ2) is 3.38. The Labute approximate surface area is 86.0 Å². The summed E-state index contributed by atoms with van der Waals surface area (Å²) >= 11 is 1.54. The summed E-state index contributed by atoms with van der Waals surface area (Å²) in [7, 11) is 1.80. The minimum absolute atomic E-state index is 0.00403. The lowest BCUT2D eigenvalue weighted by molar-refractivity contribution is 0.103. The van der Waals surface area contributed by atoms with Crippen molar-refractivity contribution in [3.05, 3.63) is 39.8 Å². The highest BCUT2D eigenvalue weighted by atomic mass is 32.1. The topological polar surface area (TPSA) is 34.9 Å². The SMILES string of the molecule is Cc1cscc1C(=O)c1ccn(C)n1. The standard InChI is InChI=1S/C10H10N2OS/c1-7-5-14-6-8(7)10(13)9-3-4-12(2)11-9/h3-6H,1-2H3. The quantitative estimate of drug-likeness (QED) is 0.705. The number of aryl methyl sites for hydroxylation is 2. The second-order valence-corrected chi connectivity index (χ2v) is 3.92. The van der Waals surface area contributed by atoms with Crippen LogP contribution < -0.4 is 0 Å². The van der Waals surface area contributed by atoms with Gasteiger partial charge >= 0.3 is 0 Å². The van der Waals surface area contributed by atoms with E-state index >= 15 is 0 Å². The van der Waals surface area contributed by atoms with Crippen molar-refractivity contribution in [1.29, 1.82) is 0 Å².